The van der Waals surface area contributed by atoms with Crippen LogP contribution in [0.3, 0.4) is 0 Å². The highest BCUT2D eigenvalue weighted by atomic mass is 31.2. The van der Waals surface area contributed by atoms with Crippen molar-refractivity contribution >= 4 is 24.4 Å². The van der Waals surface area contributed by atoms with Gasteiger partial charge in [-0.05, 0) is 65.6 Å². The van der Waals surface area contributed by atoms with Gasteiger partial charge in [-0.1, -0.05) is 67.6 Å². The molecule has 1 aliphatic heterocycles. The van der Waals surface area contributed by atoms with Crippen molar-refractivity contribution in [1.29, 1.82) is 0 Å². The van der Waals surface area contributed by atoms with Gasteiger partial charge < -0.3 is 18.7 Å². The Kier molecular flexibility index (Phi) is 7.47. The number of benzene rings is 4. The number of rotatable bonds is 8. The fourth-order valence-corrected chi connectivity index (χ4v) is 6.02. The molecule has 1 unspecified atom stereocenters. The lowest BCUT2D eigenvalue weighted by atomic mass is 9.96. The minimum Gasteiger partial charge on any atom is -0.497 e. The second-order valence-corrected chi connectivity index (χ2v) is 10.6. The molecule has 1 saturated heterocycles. The van der Waals surface area contributed by atoms with Crippen LogP contribution < -0.4 is 13.8 Å². The second kappa shape index (κ2) is 11.1. The van der Waals surface area contributed by atoms with E-state index in [2.05, 4.69) is 36.1 Å². The van der Waals surface area contributed by atoms with Crippen LogP contribution in [0.5, 0.6) is 17.2 Å². The van der Waals surface area contributed by atoms with Crippen molar-refractivity contribution < 1.29 is 18.3 Å². The van der Waals surface area contributed by atoms with Crippen molar-refractivity contribution in [2.45, 2.75) is 25.7 Å². The van der Waals surface area contributed by atoms with E-state index >= 15 is 0 Å². The number of hydrogen-bond donors (Lipinski definition) is 0. The van der Waals surface area contributed by atoms with E-state index in [1.165, 1.54) is 0 Å². The zero-order valence-corrected chi connectivity index (χ0v) is 22.0. The molecule has 0 N–H and O–H groups in total. The summed E-state index contributed by atoms with van der Waals surface area (Å²) in [5.74, 6) is 2.29. The molecule has 7 heteroatoms. The van der Waals surface area contributed by atoms with Crippen LogP contribution in [0.1, 0.15) is 31.2 Å². The van der Waals surface area contributed by atoms with Crippen molar-refractivity contribution in [3.05, 3.63) is 103 Å². The van der Waals surface area contributed by atoms with Crippen LogP contribution in [-0.2, 0) is 4.57 Å². The molecule has 1 heterocycles. The molecule has 6 nitrogen and oxygen atoms in total. The van der Waals surface area contributed by atoms with Gasteiger partial charge in [0, 0.05) is 19.0 Å². The average molecular weight is 515 g/mol. The van der Waals surface area contributed by atoms with Gasteiger partial charge in [-0.3, -0.25) is 0 Å². The number of methoxy groups -OCH3 is 1. The maximum atomic E-state index is 14.3. The minimum atomic E-state index is -3.98. The Labute approximate surface area is 218 Å². The molecular weight excluding hydrogens is 483 g/mol. The summed E-state index contributed by atoms with van der Waals surface area (Å²) in [6.07, 6.45) is 2.12. The van der Waals surface area contributed by atoms with E-state index < -0.39 is 7.75 Å². The van der Waals surface area contributed by atoms with Crippen LogP contribution in [0.2, 0.25) is 0 Å². The lowest BCUT2D eigenvalue weighted by Gasteiger charge is -2.27. The standard InChI is InChI=1S/C30H31N2O4P/c1-23(24-15-16-26-22-29(34-2)18-17-25(26)21-24)30(32-19-9-10-20-32)31-37(33,35-27-11-5-3-6-12-27)36-28-13-7-4-8-14-28/h3-8,11-18,21-23H,9-10,19-20H2,1-2H3. The average Bonchev–Trinajstić information content (AvgIpc) is 3.47. The minimum absolute atomic E-state index is 0.128. The van der Waals surface area contributed by atoms with Gasteiger partial charge in [-0.2, -0.15) is 0 Å². The molecule has 190 valence electrons. The maximum Gasteiger partial charge on any atom is 0.565 e. The summed E-state index contributed by atoms with van der Waals surface area (Å²) in [6.45, 7) is 3.80. The lowest BCUT2D eigenvalue weighted by Crippen LogP contribution is -2.32. The fourth-order valence-electron chi connectivity index (χ4n) is 4.57. The third kappa shape index (κ3) is 5.98. The third-order valence-corrected chi connectivity index (χ3v) is 7.87. The first-order chi connectivity index (χ1) is 18.0. The van der Waals surface area contributed by atoms with E-state index in [9.17, 15) is 4.57 Å². The molecule has 1 atom stereocenters. The molecule has 4 aromatic rings. The summed E-state index contributed by atoms with van der Waals surface area (Å²) < 4.78 is 36.4. The molecule has 0 bridgehead atoms. The predicted octanol–water partition coefficient (Wildman–Crippen LogP) is 7.71. The monoisotopic (exact) mass is 514 g/mol. The highest BCUT2D eigenvalue weighted by molar-refractivity contribution is 7.53. The Bertz CT molecular complexity index is 1370. The van der Waals surface area contributed by atoms with Gasteiger partial charge in [0.05, 0.1) is 7.11 Å². The maximum absolute atomic E-state index is 14.3. The summed E-state index contributed by atoms with van der Waals surface area (Å²) in [7, 11) is -2.30. The molecule has 5 rings (SSSR count). The molecule has 0 radical (unpaired) electrons. The molecule has 0 spiro atoms. The van der Waals surface area contributed by atoms with Crippen LogP contribution in [0.4, 0.5) is 0 Å². The molecule has 1 aliphatic rings. The van der Waals surface area contributed by atoms with Crippen LogP contribution in [0.15, 0.2) is 102 Å². The summed E-state index contributed by atoms with van der Waals surface area (Å²) in [4.78, 5) is 2.21. The number of likely N-dealkylation sites (tertiary alicyclic amines) is 1. The molecule has 0 aromatic heterocycles. The van der Waals surface area contributed by atoms with Crippen molar-refractivity contribution in [3.63, 3.8) is 0 Å². The van der Waals surface area contributed by atoms with Crippen LogP contribution in [0.25, 0.3) is 10.8 Å². The van der Waals surface area contributed by atoms with Gasteiger partial charge in [0.2, 0.25) is 0 Å². The van der Waals surface area contributed by atoms with Gasteiger partial charge in [-0.25, -0.2) is 4.57 Å². The molecule has 0 aliphatic carbocycles. The first-order valence-electron chi connectivity index (χ1n) is 12.6. The molecule has 0 saturated carbocycles. The first kappa shape index (κ1) is 24.9. The van der Waals surface area contributed by atoms with Crippen LogP contribution in [-0.4, -0.2) is 30.9 Å². The number of ether oxygens (including phenoxy) is 1. The van der Waals surface area contributed by atoms with Crippen molar-refractivity contribution in [2.75, 3.05) is 20.2 Å². The van der Waals surface area contributed by atoms with Gasteiger partial charge in [0.25, 0.3) is 0 Å². The largest absolute Gasteiger partial charge is 0.565 e. The Hall–Kier alpha value is -3.76. The Morgan fingerprint density at radius 1 is 0.784 bits per heavy atom. The van der Waals surface area contributed by atoms with Crippen molar-refractivity contribution in [3.8, 4) is 17.2 Å². The van der Waals surface area contributed by atoms with E-state index in [1.807, 2.05) is 48.5 Å². The molecule has 1 fully saturated rings. The van der Waals surface area contributed by atoms with Gasteiger partial charge >= 0.3 is 7.75 Å². The van der Waals surface area contributed by atoms with E-state index in [0.717, 1.165) is 48.0 Å². The molecular formula is C30H31N2O4P. The van der Waals surface area contributed by atoms with Crippen LogP contribution in [0, 0.1) is 0 Å². The normalized spacial score (nSPS) is 15.0. The summed E-state index contributed by atoms with van der Waals surface area (Å²) in [5, 5.41) is 2.20. The lowest BCUT2D eigenvalue weighted by molar-refractivity contribution is 0.385. The number of amidine groups is 1. The van der Waals surface area contributed by atoms with Crippen molar-refractivity contribution in [2.24, 2.45) is 4.76 Å². The van der Waals surface area contributed by atoms with Crippen molar-refractivity contribution in [1.82, 2.24) is 4.90 Å². The summed E-state index contributed by atoms with van der Waals surface area (Å²) in [6, 6.07) is 30.5. The smallest absolute Gasteiger partial charge is 0.497 e. The van der Waals surface area contributed by atoms with E-state index in [-0.39, 0.29) is 5.92 Å². The molecule has 4 aromatic carbocycles. The van der Waals surface area contributed by atoms with Gasteiger partial charge in [0.15, 0.2) is 0 Å². The fraction of sp³-hybridized carbons (Fsp3) is 0.233. The SMILES string of the molecule is COc1ccc2cc(C(C)C(=NP(=O)(Oc3ccccc3)Oc3ccccc3)N3CCCC3)ccc2c1. The summed E-state index contributed by atoms with van der Waals surface area (Å²) >= 11 is 0. The number of para-hydroxylation sites is 2. The predicted molar refractivity (Wildman–Crippen MR) is 149 cm³/mol. The van der Waals surface area contributed by atoms with E-state index in [0.29, 0.717) is 17.3 Å². The summed E-state index contributed by atoms with van der Waals surface area (Å²) in [5.41, 5.74) is 1.08. The first-order valence-corrected chi connectivity index (χ1v) is 14.0. The highest BCUT2D eigenvalue weighted by Crippen LogP contribution is 2.51. The molecule has 0 amide bonds. The molecule has 37 heavy (non-hydrogen) atoms. The number of hydrogen-bond acceptors (Lipinski definition) is 4. The Balaban J connectivity index is 1.55. The number of nitrogens with zero attached hydrogens (tertiary/aromatic N) is 2. The Morgan fingerprint density at radius 2 is 1.35 bits per heavy atom. The Morgan fingerprint density at radius 3 is 1.95 bits per heavy atom. The van der Waals surface area contributed by atoms with E-state index in [1.54, 1.807) is 31.4 Å². The third-order valence-electron chi connectivity index (χ3n) is 6.54. The van der Waals surface area contributed by atoms with Gasteiger partial charge in [0.1, 0.15) is 23.1 Å². The number of fused-ring (bicyclic) bond motifs is 1. The van der Waals surface area contributed by atoms with Gasteiger partial charge in [-0.15, -0.1) is 4.76 Å². The zero-order valence-electron chi connectivity index (χ0n) is 21.1. The zero-order chi connectivity index (χ0) is 25.7. The van der Waals surface area contributed by atoms with Crippen LogP contribution >= 0.6 is 7.75 Å². The topological polar surface area (TPSA) is 60.4 Å². The quantitative estimate of drug-likeness (QED) is 0.137. The second-order valence-electron chi connectivity index (χ2n) is 9.12. The van der Waals surface area contributed by atoms with E-state index in [4.69, 9.17) is 18.5 Å². The highest BCUT2D eigenvalue weighted by Gasteiger charge is 2.33.